The number of rotatable bonds is 6. The number of hydrogen-bond acceptors (Lipinski definition) is 3. The number of anilines is 6. The molecule has 0 bridgehead atoms. The molecule has 0 radical (unpaired) electrons. The minimum atomic E-state index is -2.88. The number of ether oxygens (including phenoxy) is 1. The molecule has 337 valence electrons. The SMILES string of the molecule is CC1(C)c2ccccc2N(c2ccc(-c3ccc4c(c3)Oc3cc(-c5ccc(N6c7ccccc7C(C)(C)c7ccccc76)cc5)ccc3[Si-]4(c3ccccc3)c3ccccc3)cc2)c2ccccc21. The number of fused-ring (bicyclic) bond motifs is 6. The van der Waals surface area contributed by atoms with Crippen LogP contribution in [0.3, 0.4) is 0 Å². The van der Waals surface area contributed by atoms with Crippen molar-refractivity contribution < 1.29 is 4.74 Å². The fourth-order valence-electron chi connectivity index (χ4n) is 12.1. The van der Waals surface area contributed by atoms with E-state index in [1.165, 1.54) is 65.8 Å². The zero-order valence-electron chi connectivity index (χ0n) is 39.9. The smallest absolute Gasteiger partial charge is 0.0977 e. The minimum absolute atomic E-state index is 0.111. The van der Waals surface area contributed by atoms with Gasteiger partial charge >= 0.3 is 0 Å². The molecule has 0 unspecified atom stereocenters. The first-order valence-corrected chi connectivity index (χ1v) is 26.5. The summed E-state index contributed by atoms with van der Waals surface area (Å²) in [5.41, 5.74) is 16.8. The second-order valence-corrected chi connectivity index (χ2v) is 23.8. The lowest BCUT2D eigenvalue weighted by molar-refractivity contribution is 0.487. The fraction of sp³-hybridized carbons (Fsp3) is 0.0909. The van der Waals surface area contributed by atoms with Crippen LogP contribution in [-0.4, -0.2) is 8.07 Å². The van der Waals surface area contributed by atoms with E-state index in [1.807, 2.05) is 0 Å². The van der Waals surface area contributed by atoms with Gasteiger partial charge in [0.15, 0.2) is 0 Å². The number of hydrogen-bond donors (Lipinski definition) is 0. The third-order valence-corrected chi connectivity index (χ3v) is 20.4. The Morgan fingerprint density at radius 3 is 0.957 bits per heavy atom. The molecule has 10 aromatic carbocycles. The van der Waals surface area contributed by atoms with Crippen LogP contribution in [0, 0.1) is 0 Å². The molecule has 0 saturated carbocycles. The van der Waals surface area contributed by atoms with Gasteiger partial charge in [-0.2, -0.15) is 10.4 Å². The Bertz CT molecular complexity index is 3300. The number of para-hydroxylation sites is 4. The van der Waals surface area contributed by atoms with Crippen LogP contribution in [-0.2, 0) is 10.8 Å². The number of nitrogens with zero attached hydrogens (tertiary/aromatic N) is 2. The van der Waals surface area contributed by atoms with Gasteiger partial charge in [0.2, 0.25) is 0 Å². The minimum Gasteiger partial charge on any atom is -0.463 e. The van der Waals surface area contributed by atoms with E-state index in [4.69, 9.17) is 4.74 Å². The molecule has 0 N–H and O–H groups in total. The van der Waals surface area contributed by atoms with Gasteiger partial charge in [-0.25, -0.2) is 0 Å². The first kappa shape index (κ1) is 42.0. The lowest BCUT2D eigenvalue weighted by atomic mass is 9.73. The van der Waals surface area contributed by atoms with E-state index >= 15 is 0 Å². The molecule has 3 heterocycles. The van der Waals surface area contributed by atoms with E-state index in [2.05, 4.69) is 280 Å². The second kappa shape index (κ2) is 15.9. The van der Waals surface area contributed by atoms with E-state index in [0.29, 0.717) is 0 Å². The average molecular weight is 917 g/mol. The maximum Gasteiger partial charge on any atom is 0.0977 e. The molecule has 0 aliphatic carbocycles. The Morgan fingerprint density at radius 1 is 0.314 bits per heavy atom. The molecule has 3 aliphatic heterocycles. The van der Waals surface area contributed by atoms with Crippen LogP contribution in [0.15, 0.2) is 243 Å². The van der Waals surface area contributed by atoms with E-state index in [1.54, 1.807) is 0 Å². The van der Waals surface area contributed by atoms with Gasteiger partial charge in [-0.1, -0.05) is 210 Å². The van der Waals surface area contributed by atoms with Gasteiger partial charge in [0, 0.05) is 22.2 Å². The fourth-order valence-corrected chi connectivity index (χ4v) is 17.0. The number of benzene rings is 10. The maximum atomic E-state index is 7.25. The van der Waals surface area contributed by atoms with Crippen LogP contribution in [0.2, 0.25) is 0 Å². The molecule has 0 fully saturated rings. The highest BCUT2D eigenvalue weighted by Gasteiger charge is 2.39. The van der Waals surface area contributed by atoms with E-state index in [0.717, 1.165) is 45.1 Å². The molecule has 13 rings (SSSR count). The first-order chi connectivity index (χ1) is 34.2. The van der Waals surface area contributed by atoms with E-state index in [9.17, 15) is 0 Å². The van der Waals surface area contributed by atoms with Crippen LogP contribution >= 0.6 is 0 Å². The lowest BCUT2D eigenvalue weighted by Gasteiger charge is -2.51. The van der Waals surface area contributed by atoms with Gasteiger partial charge in [-0.3, -0.25) is 0 Å². The van der Waals surface area contributed by atoms with Crippen LogP contribution in [0.25, 0.3) is 22.3 Å². The van der Waals surface area contributed by atoms with Crippen molar-refractivity contribution in [2.75, 3.05) is 9.80 Å². The zero-order valence-corrected chi connectivity index (χ0v) is 40.9. The summed E-state index contributed by atoms with van der Waals surface area (Å²) in [6, 6.07) is 89.7. The molecule has 0 atom stereocenters. The summed E-state index contributed by atoms with van der Waals surface area (Å²) in [4.78, 5) is 4.84. The van der Waals surface area contributed by atoms with Crippen molar-refractivity contribution in [2.24, 2.45) is 0 Å². The van der Waals surface area contributed by atoms with Crippen LogP contribution in [0.4, 0.5) is 34.1 Å². The predicted octanol–water partition coefficient (Wildman–Crippen LogP) is 14.7. The molecule has 10 aromatic rings. The van der Waals surface area contributed by atoms with Crippen molar-refractivity contribution in [1.29, 1.82) is 0 Å². The Balaban J connectivity index is 0.908. The van der Waals surface area contributed by atoms with Crippen LogP contribution in [0.1, 0.15) is 49.9 Å². The summed E-state index contributed by atoms with van der Waals surface area (Å²) in [7, 11) is -2.88. The molecule has 4 heteroatoms. The van der Waals surface area contributed by atoms with Crippen molar-refractivity contribution in [3.05, 3.63) is 265 Å². The predicted molar refractivity (Wildman–Crippen MR) is 295 cm³/mol. The topological polar surface area (TPSA) is 15.7 Å². The normalized spacial score (nSPS) is 15.3. The van der Waals surface area contributed by atoms with Crippen LogP contribution in [0.5, 0.6) is 11.5 Å². The summed E-state index contributed by atoms with van der Waals surface area (Å²) < 4.78 is 7.25. The Hall–Kier alpha value is -8.18. The van der Waals surface area contributed by atoms with Crippen molar-refractivity contribution in [3.63, 3.8) is 0 Å². The monoisotopic (exact) mass is 916 g/mol. The summed E-state index contributed by atoms with van der Waals surface area (Å²) in [6.45, 7) is 9.34. The Labute approximate surface area is 412 Å². The van der Waals surface area contributed by atoms with Gasteiger partial charge in [0.1, 0.15) is 0 Å². The van der Waals surface area contributed by atoms with Gasteiger partial charge in [0.05, 0.1) is 34.2 Å². The molecule has 0 aromatic heterocycles. The molecule has 0 amide bonds. The molecule has 0 saturated heterocycles. The second-order valence-electron chi connectivity index (χ2n) is 20.1. The summed E-state index contributed by atoms with van der Waals surface area (Å²) >= 11 is 0. The van der Waals surface area contributed by atoms with Crippen molar-refractivity contribution in [2.45, 2.75) is 38.5 Å². The Kier molecular flexibility index (Phi) is 9.56. The van der Waals surface area contributed by atoms with Crippen molar-refractivity contribution >= 4 is 62.9 Å². The highest BCUT2D eigenvalue weighted by molar-refractivity contribution is 7.20. The Morgan fingerprint density at radius 2 is 0.614 bits per heavy atom. The average Bonchev–Trinajstić information content (AvgIpc) is 3.41. The first-order valence-electron chi connectivity index (χ1n) is 24.5. The largest absolute Gasteiger partial charge is 0.463 e. The van der Waals surface area contributed by atoms with Crippen molar-refractivity contribution in [3.8, 4) is 33.8 Å². The summed E-state index contributed by atoms with van der Waals surface area (Å²) in [6.07, 6.45) is 0. The maximum absolute atomic E-state index is 7.25. The molecule has 3 aliphatic rings. The molecule has 3 nitrogen and oxygen atoms in total. The van der Waals surface area contributed by atoms with E-state index in [-0.39, 0.29) is 10.8 Å². The van der Waals surface area contributed by atoms with Gasteiger partial charge < -0.3 is 14.5 Å². The van der Waals surface area contributed by atoms with Crippen molar-refractivity contribution in [1.82, 2.24) is 0 Å². The lowest BCUT2D eigenvalue weighted by Crippen LogP contribution is -2.76. The van der Waals surface area contributed by atoms with Gasteiger partial charge in [0.25, 0.3) is 0 Å². The third-order valence-electron chi connectivity index (χ3n) is 15.6. The van der Waals surface area contributed by atoms with Gasteiger partial charge in [-0.15, -0.1) is 10.4 Å². The summed E-state index contributed by atoms with van der Waals surface area (Å²) in [5, 5.41) is 5.17. The third kappa shape index (κ3) is 6.26. The molecule has 70 heavy (non-hydrogen) atoms. The quantitative estimate of drug-likeness (QED) is 0.155. The summed E-state index contributed by atoms with van der Waals surface area (Å²) in [5.74, 6) is 1.82. The van der Waals surface area contributed by atoms with E-state index < -0.39 is 8.07 Å². The molecular weight excluding hydrogens is 865 g/mol. The highest BCUT2D eigenvalue weighted by atomic mass is 28.3. The van der Waals surface area contributed by atoms with Crippen LogP contribution < -0.4 is 35.3 Å². The standard InChI is InChI=1S/C66H52N2OSi/c1-65(2)53-23-11-15-27-57(53)67(58-28-16-12-24-54(58)65)49-37-31-45(32-38-49)47-35-41-63-61(43-47)69-62-44-48(36-42-64(62)70(63,51-19-7-5-8-20-51)52-21-9-6-10-22-52)46-33-39-50(40-34-46)68-59-29-17-13-25-55(59)66(3,4)56-26-14-18-30-60(56)68/h5-44H,1-4H3/q-1. The molecule has 0 spiro atoms. The molecular formula is C66H52N2OSi-. The zero-order chi connectivity index (χ0) is 47.2. The van der Waals surface area contributed by atoms with Gasteiger partial charge in [-0.05, 0) is 113 Å². The highest BCUT2D eigenvalue weighted by Crippen LogP contribution is 2.53.